The summed E-state index contributed by atoms with van der Waals surface area (Å²) in [6.07, 6.45) is 3.22. The minimum atomic E-state index is -0.407. The normalized spacial score (nSPS) is 13.0. The Morgan fingerprint density at radius 3 is 2.68 bits per heavy atom. The molecule has 2 aromatic carbocycles. The number of hydrogen-bond acceptors (Lipinski definition) is 5. The van der Waals surface area contributed by atoms with Gasteiger partial charge in [0.1, 0.15) is 0 Å². The maximum absolute atomic E-state index is 12.5. The highest BCUT2D eigenvalue weighted by molar-refractivity contribution is 5.91. The van der Waals surface area contributed by atoms with Gasteiger partial charge in [-0.25, -0.2) is 4.79 Å². The van der Waals surface area contributed by atoms with E-state index in [1.54, 1.807) is 42.5 Å². The van der Waals surface area contributed by atoms with Crippen molar-refractivity contribution in [1.82, 2.24) is 9.55 Å². The van der Waals surface area contributed by atoms with Crippen molar-refractivity contribution in [3.63, 3.8) is 0 Å². The number of carbonyl (C=O) groups excluding carboxylic acids is 1. The van der Waals surface area contributed by atoms with E-state index in [9.17, 15) is 14.4 Å². The Bertz CT molecular complexity index is 1200. The molecule has 1 aliphatic rings. The van der Waals surface area contributed by atoms with Crippen LogP contribution < -0.4 is 26.0 Å². The summed E-state index contributed by atoms with van der Waals surface area (Å²) >= 11 is 0. The van der Waals surface area contributed by atoms with Gasteiger partial charge in [-0.05, 0) is 37.1 Å². The van der Waals surface area contributed by atoms with Crippen molar-refractivity contribution < 1.29 is 14.3 Å². The van der Waals surface area contributed by atoms with Crippen molar-refractivity contribution in [3.8, 4) is 11.5 Å². The average Bonchev–Trinajstić information content (AvgIpc) is 3.00. The van der Waals surface area contributed by atoms with Crippen LogP contribution in [0, 0.1) is 0 Å². The topological polar surface area (TPSA) is 102 Å². The number of fused-ring (bicyclic) bond motifs is 2. The first kappa shape index (κ1) is 20.7. The van der Waals surface area contributed by atoms with E-state index < -0.39 is 5.69 Å². The third-order valence-corrected chi connectivity index (χ3v) is 5.21. The summed E-state index contributed by atoms with van der Waals surface area (Å²) in [5.74, 6) is 1.24. The third-order valence-electron chi connectivity index (χ3n) is 5.21. The van der Waals surface area contributed by atoms with Gasteiger partial charge in [-0.1, -0.05) is 18.6 Å². The number of rotatable bonds is 7. The number of anilines is 1. The highest BCUT2D eigenvalue weighted by atomic mass is 16.5. The van der Waals surface area contributed by atoms with Crippen LogP contribution in [0.3, 0.4) is 0 Å². The van der Waals surface area contributed by atoms with E-state index in [2.05, 4.69) is 10.3 Å². The predicted molar refractivity (Wildman–Crippen MR) is 118 cm³/mol. The minimum Gasteiger partial charge on any atom is -0.490 e. The highest BCUT2D eigenvalue weighted by Crippen LogP contribution is 2.32. The molecule has 0 atom stereocenters. The monoisotopic (exact) mass is 423 g/mol. The first-order valence-electron chi connectivity index (χ1n) is 10.5. The van der Waals surface area contributed by atoms with E-state index in [0.29, 0.717) is 67.1 Å². The third kappa shape index (κ3) is 4.96. The standard InChI is InChI=1S/C23H25N3O5/c27-21(24-16-10-11-19-20(15-16)31-14-6-13-30-19)9-2-1-5-12-26-22(28)17-7-3-4-8-18(17)25-23(26)29/h3-4,7-8,10-11,15H,1-2,5-6,9,12-14H2,(H,24,27)(H,25,29). The average molecular weight is 423 g/mol. The van der Waals surface area contributed by atoms with Crippen molar-refractivity contribution >= 4 is 22.5 Å². The number of nitrogens with zero attached hydrogens (tertiary/aromatic N) is 1. The highest BCUT2D eigenvalue weighted by Gasteiger charge is 2.12. The zero-order valence-corrected chi connectivity index (χ0v) is 17.2. The number of aromatic nitrogens is 2. The van der Waals surface area contributed by atoms with Crippen LogP contribution in [0.4, 0.5) is 5.69 Å². The summed E-state index contributed by atoms with van der Waals surface area (Å²) in [7, 11) is 0. The number of amides is 1. The molecule has 162 valence electrons. The summed E-state index contributed by atoms with van der Waals surface area (Å²) < 4.78 is 12.5. The van der Waals surface area contributed by atoms with Crippen molar-refractivity contribution in [3.05, 3.63) is 63.3 Å². The van der Waals surface area contributed by atoms with Crippen LogP contribution in [0.15, 0.2) is 52.1 Å². The fourth-order valence-electron chi connectivity index (χ4n) is 3.60. The molecule has 0 unspecified atom stereocenters. The van der Waals surface area contributed by atoms with E-state index in [4.69, 9.17) is 9.47 Å². The summed E-state index contributed by atoms with van der Waals surface area (Å²) in [6.45, 7) is 1.53. The zero-order chi connectivity index (χ0) is 21.6. The molecule has 4 rings (SSSR count). The molecule has 0 fully saturated rings. The SMILES string of the molecule is O=C(CCCCCn1c(=O)[nH]c2ccccc2c1=O)Nc1ccc2c(c1)OCCCO2. The lowest BCUT2D eigenvalue weighted by Crippen LogP contribution is -2.35. The number of nitrogens with one attached hydrogen (secondary N) is 2. The van der Waals surface area contributed by atoms with E-state index >= 15 is 0 Å². The van der Waals surface area contributed by atoms with Crippen molar-refractivity contribution in [1.29, 1.82) is 0 Å². The molecular weight excluding hydrogens is 398 g/mol. The fraction of sp³-hybridized carbons (Fsp3) is 0.348. The van der Waals surface area contributed by atoms with Gasteiger partial charge in [0.15, 0.2) is 11.5 Å². The number of aromatic amines is 1. The second kappa shape index (κ2) is 9.51. The lowest BCUT2D eigenvalue weighted by atomic mass is 10.1. The maximum Gasteiger partial charge on any atom is 0.328 e. The van der Waals surface area contributed by atoms with Crippen LogP contribution in [0.25, 0.3) is 10.9 Å². The summed E-state index contributed by atoms with van der Waals surface area (Å²) in [5.41, 5.74) is 0.519. The van der Waals surface area contributed by atoms with Crippen molar-refractivity contribution in [2.24, 2.45) is 0 Å². The minimum absolute atomic E-state index is 0.0878. The molecule has 2 N–H and O–H groups in total. The smallest absolute Gasteiger partial charge is 0.328 e. The Kier molecular flexibility index (Phi) is 6.35. The Balaban J connectivity index is 1.26. The molecule has 0 aliphatic carbocycles. The molecule has 0 radical (unpaired) electrons. The Morgan fingerprint density at radius 1 is 1.00 bits per heavy atom. The summed E-state index contributed by atoms with van der Waals surface area (Å²) in [6, 6.07) is 12.3. The van der Waals surface area contributed by atoms with Gasteiger partial charge in [-0.15, -0.1) is 0 Å². The Labute approximate surface area is 178 Å². The second-order valence-corrected chi connectivity index (χ2v) is 7.50. The lowest BCUT2D eigenvalue weighted by Gasteiger charge is -2.10. The van der Waals surface area contributed by atoms with Gasteiger partial charge in [-0.2, -0.15) is 0 Å². The van der Waals surface area contributed by atoms with Gasteiger partial charge in [0.2, 0.25) is 5.91 Å². The number of carbonyl (C=O) groups is 1. The predicted octanol–water partition coefficient (Wildman–Crippen LogP) is 3.05. The number of unbranched alkanes of at least 4 members (excludes halogenated alkanes) is 2. The van der Waals surface area contributed by atoms with Crippen LogP contribution >= 0.6 is 0 Å². The molecule has 1 aliphatic heterocycles. The molecule has 0 bridgehead atoms. The van der Waals surface area contributed by atoms with Gasteiger partial charge >= 0.3 is 5.69 Å². The zero-order valence-electron chi connectivity index (χ0n) is 17.2. The molecule has 31 heavy (non-hydrogen) atoms. The van der Waals surface area contributed by atoms with E-state index in [1.807, 2.05) is 0 Å². The Morgan fingerprint density at radius 2 is 1.81 bits per heavy atom. The Hall–Kier alpha value is -3.55. The van der Waals surface area contributed by atoms with E-state index in [-0.39, 0.29) is 11.5 Å². The van der Waals surface area contributed by atoms with E-state index in [1.165, 1.54) is 4.57 Å². The largest absolute Gasteiger partial charge is 0.490 e. The molecule has 8 heteroatoms. The number of H-pyrrole nitrogens is 1. The van der Waals surface area contributed by atoms with Gasteiger partial charge in [0.05, 0.1) is 24.1 Å². The van der Waals surface area contributed by atoms with Crippen LogP contribution in [0.1, 0.15) is 32.1 Å². The molecule has 2 heterocycles. The van der Waals surface area contributed by atoms with Crippen LogP contribution in [0.2, 0.25) is 0 Å². The van der Waals surface area contributed by atoms with Crippen molar-refractivity contribution in [2.45, 2.75) is 38.6 Å². The van der Waals surface area contributed by atoms with Crippen LogP contribution in [-0.4, -0.2) is 28.7 Å². The molecule has 0 saturated heterocycles. The molecule has 1 amide bonds. The molecule has 1 aromatic heterocycles. The first-order chi connectivity index (χ1) is 15.1. The van der Waals surface area contributed by atoms with Gasteiger partial charge in [-0.3, -0.25) is 14.2 Å². The molecule has 0 saturated carbocycles. The van der Waals surface area contributed by atoms with Gasteiger partial charge in [0, 0.05) is 31.1 Å². The maximum atomic E-state index is 12.5. The molecule has 0 spiro atoms. The van der Waals surface area contributed by atoms with Gasteiger partial charge < -0.3 is 19.8 Å². The summed E-state index contributed by atoms with van der Waals surface area (Å²) in [4.78, 5) is 39.7. The molecule has 3 aromatic rings. The quantitative estimate of drug-likeness (QED) is 0.569. The van der Waals surface area contributed by atoms with Crippen LogP contribution in [-0.2, 0) is 11.3 Å². The molecular formula is C23H25N3O5. The number of ether oxygens (including phenoxy) is 2. The molecule has 8 nitrogen and oxygen atoms in total. The lowest BCUT2D eigenvalue weighted by molar-refractivity contribution is -0.116. The van der Waals surface area contributed by atoms with Crippen LogP contribution in [0.5, 0.6) is 11.5 Å². The number of benzene rings is 2. The number of para-hydroxylation sites is 1. The van der Waals surface area contributed by atoms with Crippen molar-refractivity contribution in [2.75, 3.05) is 18.5 Å². The number of hydrogen-bond donors (Lipinski definition) is 2. The second-order valence-electron chi connectivity index (χ2n) is 7.50. The van der Waals surface area contributed by atoms with Gasteiger partial charge in [0.25, 0.3) is 5.56 Å². The van der Waals surface area contributed by atoms with E-state index in [0.717, 1.165) is 12.8 Å². The fourth-order valence-corrected chi connectivity index (χ4v) is 3.60. The first-order valence-corrected chi connectivity index (χ1v) is 10.5. The summed E-state index contributed by atoms with van der Waals surface area (Å²) in [5, 5.41) is 3.37.